The quantitative estimate of drug-likeness (QED) is 0.843. The van der Waals surface area contributed by atoms with Gasteiger partial charge in [-0.1, -0.05) is 6.07 Å². The van der Waals surface area contributed by atoms with Gasteiger partial charge in [0.25, 0.3) is 5.91 Å². The van der Waals surface area contributed by atoms with Gasteiger partial charge in [-0.15, -0.1) is 0 Å². The van der Waals surface area contributed by atoms with Gasteiger partial charge in [0.05, 0.1) is 18.2 Å². The van der Waals surface area contributed by atoms with Crippen LogP contribution in [0.2, 0.25) is 0 Å². The van der Waals surface area contributed by atoms with E-state index in [1.165, 1.54) is 18.9 Å². The molecule has 1 aromatic carbocycles. The zero-order valence-electron chi connectivity index (χ0n) is 15.4. The summed E-state index contributed by atoms with van der Waals surface area (Å²) in [6.45, 7) is 3.90. The summed E-state index contributed by atoms with van der Waals surface area (Å²) in [6, 6.07) is 6.19. The number of carbonyl (C=O) groups is 2. The molecule has 0 bridgehead atoms. The lowest BCUT2D eigenvalue weighted by atomic mass is 10.1. The molecule has 1 atom stereocenters. The average molecular weight is 368 g/mol. The minimum atomic E-state index is -0.197. The van der Waals surface area contributed by atoms with E-state index < -0.39 is 0 Å². The first-order chi connectivity index (χ1) is 13.0. The Labute approximate surface area is 158 Å². The fraction of sp³-hybridized carbons (Fsp3) is 0.450. The second-order valence-electron chi connectivity index (χ2n) is 7.43. The van der Waals surface area contributed by atoms with Crippen LogP contribution in [0.1, 0.15) is 47.7 Å². The monoisotopic (exact) mass is 368 g/mol. The maximum absolute atomic E-state index is 12.8. The highest BCUT2D eigenvalue weighted by Gasteiger charge is 2.30. The molecule has 142 valence electrons. The molecule has 1 fully saturated rings. The molecule has 0 radical (unpaired) electrons. The molecular formula is C20H24N4O3. The molecule has 1 aliphatic heterocycles. The number of phenols is 1. The highest BCUT2D eigenvalue weighted by molar-refractivity contribution is 5.94. The highest BCUT2D eigenvalue weighted by atomic mass is 16.3. The summed E-state index contributed by atoms with van der Waals surface area (Å²) in [5, 5.41) is 12.6. The molecule has 2 aliphatic rings. The average Bonchev–Trinajstić information content (AvgIpc) is 3.39. The normalized spacial score (nSPS) is 18.9. The summed E-state index contributed by atoms with van der Waals surface area (Å²) in [5.41, 5.74) is 1.19. The van der Waals surface area contributed by atoms with Crippen molar-refractivity contribution in [1.29, 1.82) is 0 Å². The van der Waals surface area contributed by atoms with Gasteiger partial charge in [-0.25, -0.2) is 4.98 Å². The van der Waals surface area contributed by atoms with Crippen molar-refractivity contribution < 1.29 is 14.7 Å². The van der Waals surface area contributed by atoms with E-state index in [1.807, 2.05) is 17.7 Å². The summed E-state index contributed by atoms with van der Waals surface area (Å²) in [4.78, 5) is 31.3. The zero-order valence-corrected chi connectivity index (χ0v) is 15.4. The molecule has 4 rings (SSSR count). The van der Waals surface area contributed by atoms with Crippen LogP contribution in [0.15, 0.2) is 30.5 Å². The molecular weight excluding hydrogens is 344 g/mol. The Balaban J connectivity index is 1.45. The maximum atomic E-state index is 12.8. The first-order valence-corrected chi connectivity index (χ1v) is 9.44. The van der Waals surface area contributed by atoms with Crippen LogP contribution in [0.5, 0.6) is 5.75 Å². The number of rotatable bonds is 5. The molecule has 0 unspecified atom stereocenters. The lowest BCUT2D eigenvalue weighted by molar-refractivity contribution is -0.120. The van der Waals surface area contributed by atoms with E-state index in [0.717, 1.165) is 18.1 Å². The number of hydrogen-bond donors (Lipinski definition) is 2. The van der Waals surface area contributed by atoms with Crippen molar-refractivity contribution in [2.75, 3.05) is 13.1 Å². The number of amides is 2. The number of nitrogens with one attached hydrogen (secondary N) is 1. The molecule has 1 saturated carbocycles. The van der Waals surface area contributed by atoms with E-state index in [9.17, 15) is 14.7 Å². The molecule has 7 heteroatoms. The van der Waals surface area contributed by atoms with Crippen molar-refractivity contribution in [3.05, 3.63) is 47.5 Å². The van der Waals surface area contributed by atoms with Crippen LogP contribution in [0.4, 0.5) is 0 Å². The first kappa shape index (κ1) is 17.6. The van der Waals surface area contributed by atoms with E-state index in [-0.39, 0.29) is 30.0 Å². The van der Waals surface area contributed by atoms with Gasteiger partial charge in [-0.05, 0) is 43.9 Å². The number of imidazole rings is 1. The van der Waals surface area contributed by atoms with Gasteiger partial charge in [0.15, 0.2) is 0 Å². The van der Waals surface area contributed by atoms with Crippen LogP contribution in [-0.2, 0) is 17.8 Å². The molecule has 7 nitrogen and oxygen atoms in total. The predicted molar refractivity (Wildman–Crippen MR) is 99.2 cm³/mol. The van der Waals surface area contributed by atoms with Crippen molar-refractivity contribution in [2.45, 2.75) is 38.8 Å². The SMILES string of the molecule is C[C@H]1c2nc(CC(=O)NCC3CC3)cn2CCN1C(=O)c1cccc(O)c1. The maximum Gasteiger partial charge on any atom is 0.254 e. The number of nitrogens with zero attached hydrogens (tertiary/aromatic N) is 3. The van der Waals surface area contributed by atoms with E-state index >= 15 is 0 Å². The van der Waals surface area contributed by atoms with E-state index in [2.05, 4.69) is 10.3 Å². The second-order valence-corrected chi connectivity index (χ2v) is 7.43. The fourth-order valence-corrected chi connectivity index (χ4v) is 3.52. The van der Waals surface area contributed by atoms with Crippen LogP contribution >= 0.6 is 0 Å². The smallest absolute Gasteiger partial charge is 0.254 e. The molecule has 0 spiro atoms. The predicted octanol–water partition coefficient (Wildman–Crippen LogP) is 1.87. The number of phenolic OH excluding ortho intramolecular Hbond substituents is 1. The molecule has 2 amide bonds. The Kier molecular flexibility index (Phi) is 4.59. The third kappa shape index (κ3) is 3.82. The summed E-state index contributed by atoms with van der Waals surface area (Å²) in [7, 11) is 0. The lowest BCUT2D eigenvalue weighted by Crippen LogP contribution is -2.41. The van der Waals surface area contributed by atoms with Crippen LogP contribution < -0.4 is 5.32 Å². The summed E-state index contributed by atoms with van der Waals surface area (Å²) >= 11 is 0. The Morgan fingerprint density at radius 1 is 1.30 bits per heavy atom. The van der Waals surface area contributed by atoms with Gasteiger partial charge in [-0.2, -0.15) is 0 Å². The van der Waals surface area contributed by atoms with Gasteiger partial charge in [0.2, 0.25) is 5.91 Å². The van der Waals surface area contributed by atoms with E-state index in [4.69, 9.17) is 0 Å². The number of fused-ring (bicyclic) bond motifs is 1. The van der Waals surface area contributed by atoms with Crippen molar-refractivity contribution >= 4 is 11.8 Å². The van der Waals surface area contributed by atoms with Crippen molar-refractivity contribution in [3.63, 3.8) is 0 Å². The Bertz CT molecular complexity index is 872. The highest BCUT2D eigenvalue weighted by Crippen LogP contribution is 2.28. The molecule has 2 heterocycles. The molecule has 2 N–H and O–H groups in total. The van der Waals surface area contributed by atoms with Gasteiger partial charge in [0, 0.05) is 31.4 Å². The van der Waals surface area contributed by atoms with Crippen LogP contribution in [0.25, 0.3) is 0 Å². The van der Waals surface area contributed by atoms with Gasteiger partial charge >= 0.3 is 0 Å². The Morgan fingerprint density at radius 3 is 2.85 bits per heavy atom. The number of benzene rings is 1. The molecule has 2 aromatic rings. The summed E-state index contributed by atoms with van der Waals surface area (Å²) in [6.07, 6.45) is 4.60. The van der Waals surface area contributed by atoms with E-state index in [1.54, 1.807) is 23.1 Å². The minimum absolute atomic E-state index is 0.00214. The molecule has 1 aromatic heterocycles. The summed E-state index contributed by atoms with van der Waals surface area (Å²) < 4.78 is 2.03. The third-order valence-corrected chi connectivity index (χ3v) is 5.26. The minimum Gasteiger partial charge on any atom is -0.508 e. The second kappa shape index (κ2) is 7.06. The van der Waals surface area contributed by atoms with Crippen LogP contribution in [0, 0.1) is 5.92 Å². The van der Waals surface area contributed by atoms with Crippen LogP contribution in [-0.4, -0.2) is 44.5 Å². The number of aromatic nitrogens is 2. The first-order valence-electron chi connectivity index (χ1n) is 9.44. The summed E-state index contributed by atoms with van der Waals surface area (Å²) in [5.74, 6) is 1.39. The van der Waals surface area contributed by atoms with Gasteiger partial charge in [0.1, 0.15) is 11.6 Å². The standard InChI is InChI=1S/C20H24N4O3/c1-13-19-22-16(10-18(26)21-11-14-5-6-14)12-23(19)7-8-24(13)20(27)15-3-2-4-17(25)9-15/h2-4,9,12-14,25H,5-8,10-11H2,1H3,(H,21,26)/t13-/m0/s1. The van der Waals surface area contributed by atoms with Crippen molar-refractivity contribution in [2.24, 2.45) is 5.92 Å². The van der Waals surface area contributed by atoms with Crippen molar-refractivity contribution in [1.82, 2.24) is 19.8 Å². The Hall–Kier alpha value is -2.83. The van der Waals surface area contributed by atoms with Crippen LogP contribution in [0.3, 0.4) is 0 Å². The van der Waals surface area contributed by atoms with Gasteiger partial charge < -0.3 is 19.9 Å². The topological polar surface area (TPSA) is 87.5 Å². The lowest BCUT2D eigenvalue weighted by Gasteiger charge is -2.33. The molecule has 27 heavy (non-hydrogen) atoms. The fourth-order valence-electron chi connectivity index (χ4n) is 3.52. The van der Waals surface area contributed by atoms with Crippen molar-refractivity contribution in [3.8, 4) is 5.75 Å². The van der Waals surface area contributed by atoms with E-state index in [0.29, 0.717) is 24.6 Å². The molecule has 0 saturated heterocycles. The third-order valence-electron chi connectivity index (χ3n) is 5.26. The largest absolute Gasteiger partial charge is 0.508 e. The number of aromatic hydroxyl groups is 1. The number of hydrogen-bond acceptors (Lipinski definition) is 4. The zero-order chi connectivity index (χ0) is 19.0. The van der Waals surface area contributed by atoms with Gasteiger partial charge in [-0.3, -0.25) is 9.59 Å². The Morgan fingerprint density at radius 2 is 2.11 bits per heavy atom. The molecule has 1 aliphatic carbocycles. The number of carbonyl (C=O) groups excluding carboxylic acids is 2.